The second kappa shape index (κ2) is 15.0. The van der Waals surface area contributed by atoms with Crippen LogP contribution in [0.2, 0.25) is 0 Å². The molecule has 12 aromatic carbocycles. The van der Waals surface area contributed by atoms with Crippen molar-refractivity contribution in [2.24, 2.45) is 0 Å². The van der Waals surface area contributed by atoms with Crippen molar-refractivity contribution in [2.75, 3.05) is 9.80 Å². The quantitative estimate of drug-likeness (QED) is 0.126. The maximum absolute atomic E-state index is 2.56. The molecule has 0 aromatic heterocycles. The molecule has 0 N–H and O–H groups in total. The molecule has 3 heteroatoms. The first-order valence-electron chi connectivity index (χ1n) is 23.3. The van der Waals surface area contributed by atoms with Crippen LogP contribution >= 0.6 is 0 Å². The number of hydrogen-bond donors (Lipinski definition) is 0. The summed E-state index contributed by atoms with van der Waals surface area (Å²) in [5, 5.41) is 10.0. The Balaban J connectivity index is 1.10. The van der Waals surface area contributed by atoms with Crippen LogP contribution in [0.25, 0.3) is 76.5 Å². The number of fused-ring (bicyclic) bond motifs is 10. The Kier molecular flexibility index (Phi) is 8.41. The number of nitrogens with zero attached hydrogens (tertiary/aromatic N) is 2. The molecule has 12 aromatic rings. The lowest BCUT2D eigenvalue weighted by Gasteiger charge is -2.45. The van der Waals surface area contributed by atoms with Gasteiger partial charge in [0.05, 0.1) is 0 Å². The Morgan fingerprint density at radius 2 is 0.597 bits per heavy atom. The van der Waals surface area contributed by atoms with Gasteiger partial charge in [0.2, 0.25) is 0 Å². The fourth-order valence-electron chi connectivity index (χ4n) is 11.2. The molecular weight excluding hydrogens is 808 g/mol. The molecule has 0 saturated heterocycles. The normalized spacial score (nSPS) is 12.7. The van der Waals surface area contributed by atoms with Gasteiger partial charge >= 0.3 is 0 Å². The molecule has 67 heavy (non-hydrogen) atoms. The highest BCUT2D eigenvalue weighted by atomic mass is 15.2. The minimum atomic E-state index is -0.0498. The van der Waals surface area contributed by atoms with Crippen LogP contribution in [0.3, 0.4) is 0 Å². The summed E-state index contributed by atoms with van der Waals surface area (Å²) in [7, 11) is 0. The smallest absolute Gasteiger partial charge is 0.252 e. The summed E-state index contributed by atoms with van der Waals surface area (Å²) in [5.74, 6) is 0. The van der Waals surface area contributed by atoms with Gasteiger partial charge in [0.1, 0.15) is 0 Å². The van der Waals surface area contributed by atoms with E-state index < -0.39 is 0 Å². The topological polar surface area (TPSA) is 6.48 Å². The summed E-state index contributed by atoms with van der Waals surface area (Å²) in [6.45, 7) is -0.0498. The highest BCUT2D eigenvalue weighted by molar-refractivity contribution is 7.00. The predicted molar refractivity (Wildman–Crippen MR) is 287 cm³/mol. The van der Waals surface area contributed by atoms with Crippen molar-refractivity contribution in [3.63, 3.8) is 0 Å². The van der Waals surface area contributed by atoms with Crippen molar-refractivity contribution in [2.45, 2.75) is 0 Å². The third kappa shape index (κ3) is 5.98. The highest BCUT2D eigenvalue weighted by Gasteiger charge is 2.44. The van der Waals surface area contributed by atoms with Gasteiger partial charge in [-0.05, 0) is 141 Å². The van der Waals surface area contributed by atoms with E-state index in [-0.39, 0.29) is 6.71 Å². The molecule has 2 heterocycles. The molecule has 0 aliphatic carbocycles. The second-order valence-electron chi connectivity index (χ2n) is 18.1. The van der Waals surface area contributed by atoms with Gasteiger partial charge in [-0.15, -0.1) is 0 Å². The SMILES string of the molecule is c1ccc(-c2ccc(N3c4cc5c(ccc6ccccc65)cc4B4c5cc6ccc7ccccc7c6cc5N(c5ccc(-c6ccccc6)cc5)c5cc(-c6ccccc6)cc3c54)cc2)cc1. The molecule has 0 radical (unpaired) electrons. The van der Waals surface area contributed by atoms with Gasteiger partial charge in [0.15, 0.2) is 0 Å². The molecule has 14 rings (SSSR count). The largest absolute Gasteiger partial charge is 0.311 e. The lowest BCUT2D eigenvalue weighted by atomic mass is 9.33. The zero-order chi connectivity index (χ0) is 44.0. The average molecular weight is 849 g/mol. The van der Waals surface area contributed by atoms with E-state index in [4.69, 9.17) is 0 Å². The highest BCUT2D eigenvalue weighted by Crippen LogP contribution is 2.48. The lowest BCUT2D eigenvalue weighted by molar-refractivity contribution is 1.26. The van der Waals surface area contributed by atoms with Crippen molar-refractivity contribution in [3.05, 3.63) is 249 Å². The number of hydrogen-bond acceptors (Lipinski definition) is 2. The summed E-state index contributed by atoms with van der Waals surface area (Å²) >= 11 is 0. The average Bonchev–Trinajstić information content (AvgIpc) is 3.40. The first-order valence-corrected chi connectivity index (χ1v) is 23.3. The van der Waals surface area contributed by atoms with Gasteiger partial charge in [-0.2, -0.15) is 0 Å². The standard InChI is InChI=1S/C64H41BN2/c1-4-14-42(15-5-1)45-28-32-52(33-29-45)66-60-40-56-49(26-24-47-20-10-12-22-54(47)56)36-58(60)65-59-37-50-27-25-48-21-11-13-23-55(48)57(50)41-61(59)67(53-34-30-46(31-35-53)43-16-6-2-7-17-43)63-39-51(38-62(66)64(63)65)44-18-8-3-9-19-44/h1-41H. The fraction of sp³-hybridized carbons (Fsp3) is 0. The maximum Gasteiger partial charge on any atom is 0.252 e. The second-order valence-corrected chi connectivity index (χ2v) is 18.1. The minimum absolute atomic E-state index is 0.0498. The Bertz CT molecular complexity index is 3670. The molecule has 0 bridgehead atoms. The van der Waals surface area contributed by atoms with Gasteiger partial charge < -0.3 is 9.80 Å². The van der Waals surface area contributed by atoms with E-state index >= 15 is 0 Å². The molecule has 2 nitrogen and oxygen atoms in total. The summed E-state index contributed by atoms with van der Waals surface area (Å²) in [6, 6.07) is 92.5. The number of benzene rings is 12. The Morgan fingerprint density at radius 1 is 0.239 bits per heavy atom. The van der Waals surface area contributed by atoms with Crippen LogP contribution in [0, 0.1) is 0 Å². The molecule has 2 aliphatic rings. The minimum Gasteiger partial charge on any atom is -0.311 e. The van der Waals surface area contributed by atoms with Crippen molar-refractivity contribution in [1.82, 2.24) is 0 Å². The van der Waals surface area contributed by atoms with E-state index in [1.165, 1.54) is 116 Å². The van der Waals surface area contributed by atoms with E-state index in [2.05, 4.69) is 259 Å². The molecule has 2 aliphatic heterocycles. The molecule has 0 fully saturated rings. The summed E-state index contributed by atoms with van der Waals surface area (Å²) in [4.78, 5) is 5.12. The lowest BCUT2D eigenvalue weighted by Crippen LogP contribution is -2.61. The number of rotatable bonds is 5. The van der Waals surface area contributed by atoms with E-state index in [0.29, 0.717) is 0 Å². The fourth-order valence-corrected chi connectivity index (χ4v) is 11.2. The molecular formula is C64H41BN2. The third-order valence-corrected chi connectivity index (χ3v) is 14.4. The van der Waals surface area contributed by atoms with Crippen LogP contribution in [-0.4, -0.2) is 6.71 Å². The Hall–Kier alpha value is -8.66. The van der Waals surface area contributed by atoms with Crippen LogP contribution in [0.15, 0.2) is 249 Å². The van der Waals surface area contributed by atoms with Crippen LogP contribution < -0.4 is 26.2 Å². The van der Waals surface area contributed by atoms with E-state index in [0.717, 1.165) is 11.4 Å². The number of anilines is 6. The van der Waals surface area contributed by atoms with Crippen LogP contribution in [-0.2, 0) is 0 Å². The van der Waals surface area contributed by atoms with Gasteiger partial charge in [0, 0.05) is 34.1 Å². The van der Waals surface area contributed by atoms with E-state index in [1.807, 2.05) is 0 Å². The van der Waals surface area contributed by atoms with Gasteiger partial charge in [-0.3, -0.25) is 0 Å². The van der Waals surface area contributed by atoms with Crippen LogP contribution in [0.1, 0.15) is 0 Å². The van der Waals surface area contributed by atoms with E-state index in [1.54, 1.807) is 0 Å². The van der Waals surface area contributed by atoms with Gasteiger partial charge in [-0.25, -0.2) is 0 Å². The zero-order valence-corrected chi connectivity index (χ0v) is 36.6. The molecule has 0 amide bonds. The Morgan fingerprint density at radius 3 is 1.03 bits per heavy atom. The molecule has 310 valence electrons. The van der Waals surface area contributed by atoms with Crippen LogP contribution in [0.5, 0.6) is 0 Å². The van der Waals surface area contributed by atoms with Gasteiger partial charge in [-0.1, -0.05) is 200 Å². The predicted octanol–water partition coefficient (Wildman–Crippen LogP) is 15.4. The summed E-state index contributed by atoms with van der Waals surface area (Å²) < 4.78 is 0. The van der Waals surface area contributed by atoms with Crippen molar-refractivity contribution in [3.8, 4) is 33.4 Å². The maximum atomic E-state index is 2.56. The third-order valence-electron chi connectivity index (χ3n) is 14.4. The van der Waals surface area contributed by atoms with Gasteiger partial charge in [0.25, 0.3) is 6.71 Å². The zero-order valence-electron chi connectivity index (χ0n) is 36.6. The summed E-state index contributed by atoms with van der Waals surface area (Å²) in [6.07, 6.45) is 0. The molecule has 0 saturated carbocycles. The summed E-state index contributed by atoms with van der Waals surface area (Å²) in [5.41, 5.74) is 18.1. The van der Waals surface area contributed by atoms with Crippen LogP contribution in [0.4, 0.5) is 34.1 Å². The monoisotopic (exact) mass is 848 g/mol. The molecule has 0 unspecified atom stereocenters. The van der Waals surface area contributed by atoms with Crippen molar-refractivity contribution in [1.29, 1.82) is 0 Å². The van der Waals surface area contributed by atoms with Crippen molar-refractivity contribution >= 4 is 100 Å². The van der Waals surface area contributed by atoms with Crippen molar-refractivity contribution < 1.29 is 0 Å². The Labute approximate surface area is 390 Å². The molecule has 0 atom stereocenters. The first kappa shape index (κ1) is 37.7. The van der Waals surface area contributed by atoms with E-state index in [9.17, 15) is 0 Å². The first-order chi connectivity index (χ1) is 33.2. The molecule has 0 spiro atoms.